The lowest BCUT2D eigenvalue weighted by molar-refractivity contribution is 0.0698. The van der Waals surface area contributed by atoms with Crippen LogP contribution in [0.1, 0.15) is 10.4 Å². The predicted molar refractivity (Wildman–Crippen MR) is 120 cm³/mol. The number of carboxylic acid groups (broad SMARTS) is 1. The molecular formula is C20H17BrClN3O4S. The van der Waals surface area contributed by atoms with Gasteiger partial charge in [0.05, 0.1) is 60.6 Å². The van der Waals surface area contributed by atoms with Gasteiger partial charge >= 0.3 is 5.97 Å². The van der Waals surface area contributed by atoms with E-state index in [0.29, 0.717) is 63.0 Å². The monoisotopic (exact) mass is 509 g/mol. The van der Waals surface area contributed by atoms with Crippen LogP contribution < -0.4 is 5.32 Å². The number of morpholine rings is 1. The Balaban J connectivity index is 1.86. The largest absolute Gasteiger partial charge is 0.593 e. The molecule has 2 aromatic carbocycles. The van der Waals surface area contributed by atoms with Gasteiger partial charge in [0.2, 0.25) is 4.90 Å². The molecule has 1 aromatic heterocycles. The summed E-state index contributed by atoms with van der Waals surface area (Å²) in [6.07, 6.45) is 1.56. The molecule has 1 fully saturated rings. The Hall–Kier alpha value is -1.88. The van der Waals surface area contributed by atoms with E-state index in [1.807, 2.05) is 4.31 Å². The van der Waals surface area contributed by atoms with Crippen molar-refractivity contribution in [2.24, 2.45) is 0 Å². The standard InChI is InChI=1S/C20H17BrClN3O4S/c21-12-1-3-17(15(9-12)20(26)27)24-19-14-10-13(22)2-4-16(14)23-11-18(19)30(28)25-5-7-29-8-6-25/h1-4,9-11H,5-8H2,(H,23,24)(H,26,27). The highest BCUT2D eigenvalue weighted by Crippen LogP contribution is 2.36. The fourth-order valence-corrected chi connectivity index (χ4v) is 4.97. The minimum Gasteiger partial charge on any atom is -0.593 e. The fourth-order valence-electron chi connectivity index (χ4n) is 3.20. The van der Waals surface area contributed by atoms with E-state index >= 15 is 0 Å². The number of benzene rings is 2. The number of anilines is 2. The summed E-state index contributed by atoms with van der Waals surface area (Å²) in [4.78, 5) is 16.7. The van der Waals surface area contributed by atoms with Crippen LogP contribution in [-0.4, -0.2) is 51.2 Å². The Kier molecular flexibility index (Phi) is 6.47. The lowest BCUT2D eigenvalue weighted by atomic mass is 10.1. The van der Waals surface area contributed by atoms with E-state index in [0.717, 1.165) is 0 Å². The van der Waals surface area contributed by atoms with Crippen molar-refractivity contribution in [3.63, 3.8) is 0 Å². The van der Waals surface area contributed by atoms with Crippen LogP contribution in [0.3, 0.4) is 0 Å². The maximum Gasteiger partial charge on any atom is 0.337 e. The average molecular weight is 511 g/mol. The van der Waals surface area contributed by atoms with Crippen molar-refractivity contribution in [2.45, 2.75) is 4.90 Å². The number of nitrogens with zero attached hydrogens (tertiary/aromatic N) is 2. The summed E-state index contributed by atoms with van der Waals surface area (Å²) in [5, 5.41) is 14.0. The van der Waals surface area contributed by atoms with Gasteiger partial charge in [-0.3, -0.25) is 4.98 Å². The maximum atomic E-state index is 13.4. The third-order valence-electron chi connectivity index (χ3n) is 4.66. The summed E-state index contributed by atoms with van der Waals surface area (Å²) >= 11 is 8.01. The van der Waals surface area contributed by atoms with Crippen LogP contribution in [0.2, 0.25) is 5.02 Å². The maximum absolute atomic E-state index is 13.4. The van der Waals surface area contributed by atoms with Gasteiger partial charge in [0.25, 0.3) is 0 Å². The van der Waals surface area contributed by atoms with E-state index in [1.165, 1.54) is 6.07 Å². The van der Waals surface area contributed by atoms with Crippen molar-refractivity contribution < 1.29 is 19.2 Å². The molecule has 1 aliphatic heterocycles. The number of hydrogen-bond acceptors (Lipinski definition) is 6. The molecule has 156 valence electrons. The zero-order chi connectivity index (χ0) is 21.3. The molecule has 30 heavy (non-hydrogen) atoms. The van der Waals surface area contributed by atoms with Crippen molar-refractivity contribution in [3.05, 3.63) is 57.7 Å². The smallest absolute Gasteiger partial charge is 0.337 e. The molecule has 0 radical (unpaired) electrons. The molecule has 1 unspecified atom stereocenters. The minimum absolute atomic E-state index is 0.0828. The van der Waals surface area contributed by atoms with Crippen molar-refractivity contribution in [1.29, 1.82) is 0 Å². The first kappa shape index (κ1) is 21.4. The summed E-state index contributed by atoms with van der Waals surface area (Å²) < 4.78 is 21.2. The van der Waals surface area contributed by atoms with Gasteiger partial charge in [-0.1, -0.05) is 27.5 Å². The number of fused-ring (bicyclic) bond motifs is 1. The normalized spacial score (nSPS) is 15.8. The molecule has 2 N–H and O–H groups in total. The summed E-state index contributed by atoms with van der Waals surface area (Å²) in [5.74, 6) is -1.08. The number of pyridine rings is 1. The Morgan fingerprint density at radius 1 is 1.27 bits per heavy atom. The van der Waals surface area contributed by atoms with Crippen molar-refractivity contribution >= 4 is 67.1 Å². The molecule has 2 heterocycles. The number of rotatable bonds is 5. The van der Waals surface area contributed by atoms with Gasteiger partial charge in [-0.05, 0) is 36.4 Å². The highest BCUT2D eigenvalue weighted by atomic mass is 79.9. The van der Waals surface area contributed by atoms with Gasteiger partial charge in [-0.25, -0.2) is 4.79 Å². The van der Waals surface area contributed by atoms with Crippen LogP contribution in [0.25, 0.3) is 10.9 Å². The molecular weight excluding hydrogens is 494 g/mol. The Labute approximate surface area is 189 Å². The second-order valence-corrected chi connectivity index (χ2v) is 9.38. The summed E-state index contributed by atoms with van der Waals surface area (Å²) in [7, 11) is 0. The molecule has 1 atom stereocenters. The van der Waals surface area contributed by atoms with Crippen LogP contribution >= 0.6 is 27.5 Å². The van der Waals surface area contributed by atoms with Gasteiger partial charge < -0.3 is 19.7 Å². The minimum atomic E-state index is -1.51. The highest BCUT2D eigenvalue weighted by molar-refractivity contribution is 9.10. The zero-order valence-electron chi connectivity index (χ0n) is 15.6. The number of aromatic nitrogens is 1. The topological polar surface area (TPSA) is 97.8 Å². The molecule has 0 bridgehead atoms. The molecule has 1 saturated heterocycles. The molecule has 3 aromatic rings. The predicted octanol–water partition coefficient (Wildman–Crippen LogP) is 4.45. The summed E-state index contributed by atoms with van der Waals surface area (Å²) in [6, 6.07) is 10.1. The van der Waals surface area contributed by atoms with Crippen LogP contribution in [0, 0.1) is 0 Å². The first-order chi connectivity index (χ1) is 14.4. The van der Waals surface area contributed by atoms with Gasteiger partial charge in [-0.15, -0.1) is 4.31 Å². The molecule has 0 spiro atoms. The van der Waals surface area contributed by atoms with Crippen LogP contribution in [0.4, 0.5) is 11.4 Å². The molecule has 0 amide bonds. The number of halogens is 2. The van der Waals surface area contributed by atoms with E-state index in [-0.39, 0.29) is 5.56 Å². The van der Waals surface area contributed by atoms with Crippen molar-refractivity contribution in [3.8, 4) is 0 Å². The molecule has 10 heteroatoms. The Morgan fingerprint density at radius 3 is 2.77 bits per heavy atom. The Bertz CT molecular complexity index is 1110. The number of carboxylic acids is 1. The van der Waals surface area contributed by atoms with E-state index in [9.17, 15) is 14.5 Å². The first-order valence-corrected chi connectivity index (χ1v) is 11.3. The number of nitrogens with one attached hydrogen (secondary N) is 1. The lowest BCUT2D eigenvalue weighted by Gasteiger charge is -2.28. The quantitative estimate of drug-likeness (QED) is 0.490. The van der Waals surface area contributed by atoms with Gasteiger partial charge in [0.1, 0.15) is 5.69 Å². The number of carbonyl (C=O) groups is 1. The van der Waals surface area contributed by atoms with Crippen LogP contribution in [0.5, 0.6) is 0 Å². The molecule has 4 rings (SSSR count). The fraction of sp³-hybridized carbons (Fsp3) is 0.200. The molecule has 1 aliphatic rings. The summed E-state index contributed by atoms with van der Waals surface area (Å²) in [6.45, 7) is 2.05. The SMILES string of the molecule is O=C(O)c1cc(Br)ccc1Nc1c([S+]([O-])N2CCOCC2)cnc2ccc(Cl)cc12. The van der Waals surface area contributed by atoms with Crippen LogP contribution in [0.15, 0.2) is 52.0 Å². The van der Waals surface area contributed by atoms with Gasteiger partial charge in [0.15, 0.2) is 0 Å². The molecule has 7 nitrogen and oxygen atoms in total. The number of aromatic carboxylic acids is 1. The second kappa shape index (κ2) is 9.09. The highest BCUT2D eigenvalue weighted by Gasteiger charge is 2.29. The zero-order valence-corrected chi connectivity index (χ0v) is 18.8. The number of ether oxygens (including phenoxy) is 1. The third-order valence-corrected chi connectivity index (χ3v) is 6.91. The van der Waals surface area contributed by atoms with Crippen molar-refractivity contribution in [2.75, 3.05) is 31.6 Å². The second-order valence-electron chi connectivity index (χ2n) is 6.57. The molecule has 0 saturated carbocycles. The molecule has 0 aliphatic carbocycles. The van der Waals surface area contributed by atoms with Crippen molar-refractivity contribution in [1.82, 2.24) is 9.29 Å². The van der Waals surface area contributed by atoms with E-state index in [4.69, 9.17) is 16.3 Å². The van der Waals surface area contributed by atoms with E-state index in [1.54, 1.807) is 36.5 Å². The number of hydrogen-bond donors (Lipinski definition) is 2. The summed E-state index contributed by atoms with van der Waals surface area (Å²) in [5.41, 5.74) is 1.62. The van der Waals surface area contributed by atoms with Gasteiger partial charge in [0, 0.05) is 14.9 Å². The Morgan fingerprint density at radius 2 is 2.03 bits per heavy atom. The van der Waals surface area contributed by atoms with E-state index in [2.05, 4.69) is 26.2 Å². The lowest BCUT2D eigenvalue weighted by Crippen LogP contribution is -2.40. The first-order valence-electron chi connectivity index (χ1n) is 9.07. The average Bonchev–Trinajstić information content (AvgIpc) is 2.75. The van der Waals surface area contributed by atoms with Crippen LogP contribution in [-0.2, 0) is 16.1 Å². The third kappa shape index (κ3) is 4.41. The van der Waals surface area contributed by atoms with E-state index < -0.39 is 17.3 Å². The van der Waals surface area contributed by atoms with Gasteiger partial charge in [-0.2, -0.15) is 0 Å².